The third-order valence-electron chi connectivity index (χ3n) is 15.3. The fourth-order valence-corrected chi connectivity index (χ4v) is 13.9. The van der Waals surface area contributed by atoms with Gasteiger partial charge in [0.15, 0.2) is 9.84 Å². The van der Waals surface area contributed by atoms with E-state index in [4.69, 9.17) is 33.9 Å². The zero-order valence-corrected chi connectivity index (χ0v) is 50.9. The fraction of sp³-hybridized carbons (Fsp3) is 0.377. The second-order valence-electron chi connectivity index (χ2n) is 21.5. The first-order valence-corrected chi connectivity index (χ1v) is 31.4. The van der Waals surface area contributed by atoms with Crippen molar-refractivity contribution in [1.29, 1.82) is 0 Å². The largest absolute Gasteiger partial charge is 0.349 e. The Morgan fingerprint density at radius 3 is 1.71 bits per heavy atom. The minimum absolute atomic E-state index is 0.0189. The normalized spacial score (nSPS) is 19.2. The summed E-state index contributed by atoms with van der Waals surface area (Å²) in [7, 11) is 0.459. The molecule has 0 aliphatic heterocycles. The van der Waals surface area contributed by atoms with Crippen LogP contribution in [0.4, 0.5) is 24.9 Å². The van der Waals surface area contributed by atoms with Gasteiger partial charge in [0.1, 0.15) is 23.1 Å². The van der Waals surface area contributed by atoms with Crippen LogP contribution in [0.25, 0.3) is 44.1 Å². The number of benzene rings is 4. The maximum Gasteiger partial charge on any atom is 0.309 e. The van der Waals surface area contributed by atoms with Crippen LogP contribution in [0, 0.1) is 19.9 Å². The Hall–Kier alpha value is -6.39. The molecule has 2 fully saturated rings. The maximum absolute atomic E-state index is 14.9. The molecule has 0 spiro atoms. The van der Waals surface area contributed by atoms with Crippen molar-refractivity contribution in [1.82, 2.24) is 39.7 Å². The molecule has 440 valence electrons. The molecule has 4 aromatic carbocycles. The standard InChI is InChI=1S/C31H35ClFN5O2S.C22H18ClFN4O2S.C8H17FN2/c1-5-20-14-21(25-12-10-23(35-19(25)2)18-41(39,40)29-9-7-6-8-26(29)32)15-22-17-34-31(37-30(20)22)36-28-13-11-24(38(3)4)16-27(28)33;1-3-14-10-15(11-16-12-25-22(24)27-21(14)16)17-8-9-20(26-13(17)2)28-31(29,30)19-7-5-4-6-18(19)23;1-11(2)6-3-4-8(10)7(9)5-6/h6-10,12,14-15,17,24,27-28H,5,11,13,16,18H2,1-4H3,(H,34,36,37);4-12H,3H2,1-2H3,(H,26,28);6-8H,3-5,10H2,1-2H3/t24-,27?,28?;;6-,7?,8?/m1.1/s1. The molecule has 2 aliphatic carbocycles. The van der Waals surface area contributed by atoms with Crippen LogP contribution < -0.4 is 15.8 Å². The Balaban J connectivity index is 0.000000188. The van der Waals surface area contributed by atoms with E-state index in [0.717, 1.165) is 87.5 Å². The number of aromatic nitrogens is 6. The molecule has 4 heterocycles. The molecule has 0 radical (unpaired) electrons. The van der Waals surface area contributed by atoms with E-state index in [1.807, 2.05) is 66.3 Å². The van der Waals surface area contributed by atoms with Gasteiger partial charge in [0.2, 0.25) is 5.95 Å². The number of hydrogen-bond acceptors (Lipinski definition) is 14. The molecule has 10 rings (SSSR count). The molecule has 83 heavy (non-hydrogen) atoms. The fourth-order valence-electron chi connectivity index (χ4n) is 10.6. The van der Waals surface area contributed by atoms with E-state index in [1.54, 1.807) is 61.7 Å². The Labute approximate surface area is 494 Å². The van der Waals surface area contributed by atoms with Gasteiger partial charge in [0.25, 0.3) is 10.0 Å². The van der Waals surface area contributed by atoms with E-state index in [9.17, 15) is 30.0 Å². The summed E-state index contributed by atoms with van der Waals surface area (Å²) in [6, 6.07) is 27.7. The minimum atomic E-state index is -3.88. The van der Waals surface area contributed by atoms with E-state index in [-0.39, 0.29) is 49.5 Å². The van der Waals surface area contributed by atoms with Crippen molar-refractivity contribution in [2.24, 2.45) is 5.73 Å². The summed E-state index contributed by atoms with van der Waals surface area (Å²) in [6.45, 7) is 7.70. The number of sulfonamides is 1. The Kier molecular flexibility index (Phi) is 20.5. The number of halogens is 5. The molecule has 0 amide bonds. The minimum Gasteiger partial charge on any atom is -0.349 e. The predicted octanol–water partition coefficient (Wildman–Crippen LogP) is 12.3. The van der Waals surface area contributed by atoms with E-state index in [0.29, 0.717) is 48.2 Å². The van der Waals surface area contributed by atoms with E-state index < -0.39 is 38.3 Å². The van der Waals surface area contributed by atoms with Crippen LogP contribution in [0.3, 0.4) is 0 Å². The number of pyridine rings is 2. The summed E-state index contributed by atoms with van der Waals surface area (Å²) in [4.78, 5) is 30.2. The molecule has 2 saturated carbocycles. The van der Waals surface area contributed by atoms with Gasteiger partial charge < -0.3 is 20.9 Å². The number of nitrogens with two attached hydrogens (primary N) is 1. The molecule has 8 aromatic rings. The van der Waals surface area contributed by atoms with Crippen molar-refractivity contribution in [3.05, 3.63) is 154 Å². The lowest BCUT2D eigenvalue weighted by Crippen LogP contribution is -2.44. The molecule has 2 aliphatic rings. The summed E-state index contributed by atoms with van der Waals surface area (Å²) in [5, 5.41) is 5.17. The highest BCUT2D eigenvalue weighted by Gasteiger charge is 2.32. The summed E-state index contributed by atoms with van der Waals surface area (Å²) in [6.07, 6.45) is 6.76. The van der Waals surface area contributed by atoms with Gasteiger partial charge in [-0.05, 0) is 182 Å². The van der Waals surface area contributed by atoms with Crippen molar-refractivity contribution in [3.63, 3.8) is 0 Å². The lowest BCUT2D eigenvalue weighted by atomic mass is 9.89. The van der Waals surface area contributed by atoms with Gasteiger partial charge in [-0.25, -0.2) is 50.5 Å². The number of sulfone groups is 1. The summed E-state index contributed by atoms with van der Waals surface area (Å²) >= 11 is 12.2. The quantitative estimate of drug-likeness (QED) is 0.0868. The topological polar surface area (TPSA) is 202 Å². The Morgan fingerprint density at radius 1 is 0.639 bits per heavy atom. The van der Waals surface area contributed by atoms with Crippen LogP contribution in [-0.4, -0.2) is 121 Å². The van der Waals surface area contributed by atoms with Gasteiger partial charge >= 0.3 is 6.08 Å². The zero-order valence-electron chi connectivity index (χ0n) is 47.7. The molecule has 4 N–H and O–H groups in total. The van der Waals surface area contributed by atoms with Crippen molar-refractivity contribution in [2.45, 2.75) is 131 Å². The molecule has 0 saturated heterocycles. The van der Waals surface area contributed by atoms with Crippen molar-refractivity contribution < 1.29 is 30.0 Å². The molecule has 15 nitrogen and oxygen atoms in total. The van der Waals surface area contributed by atoms with Crippen LogP contribution >= 0.6 is 23.2 Å². The van der Waals surface area contributed by atoms with Gasteiger partial charge in [0.05, 0.1) is 43.5 Å². The van der Waals surface area contributed by atoms with E-state index in [2.05, 4.69) is 57.7 Å². The first-order valence-electron chi connectivity index (χ1n) is 27.5. The number of rotatable bonds is 14. The van der Waals surface area contributed by atoms with Crippen LogP contribution in [-0.2, 0) is 38.5 Å². The Morgan fingerprint density at radius 2 is 1.17 bits per heavy atom. The number of nitrogens with zero attached hydrogens (tertiary/aromatic N) is 8. The molecular formula is C61H70Cl2F3N11O4S2. The zero-order chi connectivity index (χ0) is 59.9. The van der Waals surface area contributed by atoms with Crippen LogP contribution in [0.2, 0.25) is 10.0 Å². The van der Waals surface area contributed by atoms with Crippen LogP contribution in [0.1, 0.15) is 80.6 Å². The smallest absolute Gasteiger partial charge is 0.309 e. The average molecular weight is 1210 g/mol. The summed E-state index contributed by atoms with van der Waals surface area (Å²) < 4.78 is 95.2. The van der Waals surface area contributed by atoms with E-state index in [1.165, 1.54) is 24.4 Å². The second kappa shape index (κ2) is 27.1. The van der Waals surface area contributed by atoms with Gasteiger partial charge in [-0.3, -0.25) is 9.71 Å². The van der Waals surface area contributed by atoms with Gasteiger partial charge in [-0.1, -0.05) is 67.4 Å². The number of nitrogens with one attached hydrogen (secondary N) is 2. The van der Waals surface area contributed by atoms with Gasteiger partial charge in [-0.2, -0.15) is 4.39 Å². The van der Waals surface area contributed by atoms with Crippen LogP contribution in [0.5, 0.6) is 0 Å². The van der Waals surface area contributed by atoms with Crippen molar-refractivity contribution in [3.8, 4) is 22.3 Å². The monoisotopic (exact) mass is 1210 g/mol. The number of anilines is 2. The predicted molar refractivity (Wildman–Crippen MR) is 326 cm³/mol. The molecule has 0 bridgehead atoms. The Bertz CT molecular complexity index is 3850. The highest BCUT2D eigenvalue weighted by atomic mass is 35.5. The number of hydrogen-bond donors (Lipinski definition) is 3. The van der Waals surface area contributed by atoms with E-state index >= 15 is 0 Å². The third kappa shape index (κ3) is 15.3. The number of alkyl halides is 2. The molecule has 6 atom stereocenters. The highest BCUT2D eigenvalue weighted by molar-refractivity contribution is 7.92. The lowest BCUT2D eigenvalue weighted by Gasteiger charge is -2.35. The first kappa shape index (κ1) is 62.7. The molecule has 4 aromatic heterocycles. The van der Waals surface area contributed by atoms with Crippen molar-refractivity contribution in [2.75, 3.05) is 38.2 Å². The lowest BCUT2D eigenvalue weighted by molar-refractivity contribution is 0.133. The maximum atomic E-state index is 14.9. The summed E-state index contributed by atoms with van der Waals surface area (Å²) in [5.74, 6) is 0.386. The number of aryl methyl sites for hydroxylation is 4. The average Bonchev–Trinajstić information content (AvgIpc) is 3.55. The highest BCUT2D eigenvalue weighted by Crippen LogP contribution is 2.34. The van der Waals surface area contributed by atoms with Gasteiger partial charge in [0, 0.05) is 63.8 Å². The molecular weight excluding hydrogens is 1140 g/mol. The van der Waals surface area contributed by atoms with Gasteiger partial charge in [-0.15, -0.1) is 0 Å². The first-order chi connectivity index (χ1) is 39.4. The van der Waals surface area contributed by atoms with Crippen molar-refractivity contribution >= 4 is 76.6 Å². The second-order valence-corrected chi connectivity index (χ2v) is 25.9. The van der Waals surface area contributed by atoms with Crippen LogP contribution in [0.15, 0.2) is 119 Å². The molecule has 22 heteroatoms. The third-order valence-corrected chi connectivity index (χ3v) is 19.3. The number of fused-ring (bicyclic) bond motifs is 2. The summed E-state index contributed by atoms with van der Waals surface area (Å²) in [5.41, 5.74) is 14.2. The SMILES string of the molecule is CCc1cc(-c2ccc(CS(=O)(=O)c3ccccc3Cl)nc2C)cc2cnc(NC3CC[C@@H](N(C)C)CC3F)nc12.CCc1cc(-c2ccc(NS(=O)(=O)c3ccccc3Cl)nc2C)cc2cnc(F)nc12.CN(C)[C@@H]1CCC(N)C(F)C1. The molecule has 4 unspecified atom stereocenters.